The molecule has 2 aliphatic rings. The van der Waals surface area contributed by atoms with E-state index in [1.807, 2.05) is 18.2 Å². The molecule has 1 N–H and O–H groups in total. The molecule has 6 rings (SSSR count). The van der Waals surface area contributed by atoms with E-state index in [9.17, 15) is 22.4 Å². The number of rotatable bonds is 7. The van der Waals surface area contributed by atoms with E-state index in [1.54, 1.807) is 39.2 Å². The molecular weight excluding hydrogens is 628 g/mol. The molecule has 2 aromatic carbocycles. The van der Waals surface area contributed by atoms with Crippen LogP contribution in [0.25, 0.3) is 11.4 Å². The number of aromatic amines is 1. The number of pyridine rings is 1. The van der Waals surface area contributed by atoms with Gasteiger partial charge in [-0.1, -0.05) is 23.7 Å². The van der Waals surface area contributed by atoms with Crippen LogP contribution in [0.15, 0.2) is 48.7 Å². The molecule has 2 aromatic heterocycles. The Morgan fingerprint density at radius 2 is 1.89 bits per heavy atom. The summed E-state index contributed by atoms with van der Waals surface area (Å²) in [4.78, 5) is 23.1. The van der Waals surface area contributed by atoms with Gasteiger partial charge in [-0.3, -0.25) is 14.7 Å². The quantitative estimate of drug-likeness (QED) is 0.232. The lowest BCUT2D eigenvalue weighted by molar-refractivity contribution is -0.144. The molecule has 0 unspecified atom stereocenters. The van der Waals surface area contributed by atoms with Crippen molar-refractivity contribution in [3.8, 4) is 22.9 Å². The average Bonchev–Trinajstić information content (AvgIpc) is 3.64. The van der Waals surface area contributed by atoms with Gasteiger partial charge in [0, 0.05) is 49.9 Å². The van der Waals surface area contributed by atoms with E-state index in [0.29, 0.717) is 34.9 Å². The number of aromatic nitrogens is 4. The van der Waals surface area contributed by atoms with Crippen LogP contribution in [0, 0.1) is 5.82 Å². The predicted molar refractivity (Wildman–Crippen MR) is 161 cm³/mol. The zero-order valence-electron chi connectivity index (χ0n) is 25.3. The van der Waals surface area contributed by atoms with E-state index < -0.39 is 23.6 Å². The van der Waals surface area contributed by atoms with Crippen molar-refractivity contribution in [2.75, 3.05) is 27.2 Å². The van der Waals surface area contributed by atoms with Crippen LogP contribution in [0.1, 0.15) is 53.9 Å². The summed E-state index contributed by atoms with van der Waals surface area (Å²) < 4.78 is 66.5. The number of carbonyl (C=O) groups is 1. The second-order valence-electron chi connectivity index (χ2n) is 11.8. The molecule has 9 nitrogen and oxygen atoms in total. The Hall–Kier alpha value is -4.23. The maximum atomic E-state index is 14.8. The lowest BCUT2D eigenvalue weighted by Gasteiger charge is -2.33. The number of fused-ring (bicyclic) bond motifs is 1. The largest absolute Gasteiger partial charge is 0.451 e. The molecule has 1 amide bonds. The van der Waals surface area contributed by atoms with Gasteiger partial charge >= 0.3 is 6.18 Å². The molecule has 0 saturated carbocycles. The van der Waals surface area contributed by atoms with E-state index >= 15 is 0 Å². The minimum atomic E-state index is -4.66. The summed E-state index contributed by atoms with van der Waals surface area (Å²) in [5, 5.41) is 7.12. The molecule has 1 fully saturated rings. The number of likely N-dealkylation sites (N-methyl/N-ethyl adjacent to an activating group) is 1. The molecule has 1 saturated heterocycles. The number of amides is 1. The van der Waals surface area contributed by atoms with Crippen molar-refractivity contribution >= 4 is 17.5 Å². The van der Waals surface area contributed by atoms with Crippen molar-refractivity contribution in [3.63, 3.8) is 0 Å². The number of halogens is 5. The smallest absolute Gasteiger partial charge is 0.444 e. The summed E-state index contributed by atoms with van der Waals surface area (Å²) >= 11 is 5.95. The zero-order chi connectivity index (χ0) is 32.8. The maximum absolute atomic E-state index is 14.8. The number of nitrogens with one attached hydrogen (secondary N) is 1. The number of carbonyl (C=O) groups excluding carboxylic acids is 1. The molecule has 2 aliphatic heterocycles. The fraction of sp³-hybridized carbons (Fsp3) is 0.375. The van der Waals surface area contributed by atoms with E-state index in [4.69, 9.17) is 21.1 Å². The highest BCUT2D eigenvalue weighted by atomic mass is 35.5. The molecule has 0 bridgehead atoms. The normalized spacial score (nSPS) is 18.6. The summed E-state index contributed by atoms with van der Waals surface area (Å²) in [6.45, 7) is 3.58. The SMILES string of the molecule is CN(C)C(=O)Cc1cc(-c2nnc(C(F)(F)F)[nH]2)cnc1CN1CCC(c2cccc3c2O[C@@](C)(c2ccc(Cl)cc2F)O3)CC1. The Kier molecular flexibility index (Phi) is 8.40. The third-order valence-electron chi connectivity index (χ3n) is 8.36. The number of hydrogen-bond donors (Lipinski definition) is 1. The summed E-state index contributed by atoms with van der Waals surface area (Å²) in [7, 11) is 3.28. The van der Waals surface area contributed by atoms with Crippen LogP contribution in [-0.2, 0) is 29.7 Å². The highest BCUT2D eigenvalue weighted by Crippen LogP contribution is 2.50. The van der Waals surface area contributed by atoms with Crippen LogP contribution < -0.4 is 9.47 Å². The third-order valence-corrected chi connectivity index (χ3v) is 8.60. The summed E-state index contributed by atoms with van der Waals surface area (Å²) in [6.07, 6.45) is -1.60. The lowest BCUT2D eigenvalue weighted by atomic mass is 9.88. The topological polar surface area (TPSA) is 96.5 Å². The fourth-order valence-corrected chi connectivity index (χ4v) is 6.01. The second-order valence-corrected chi connectivity index (χ2v) is 12.3. The summed E-state index contributed by atoms with van der Waals surface area (Å²) in [6, 6.07) is 11.7. The Bertz CT molecular complexity index is 1770. The zero-order valence-corrected chi connectivity index (χ0v) is 26.0. The van der Waals surface area contributed by atoms with Crippen molar-refractivity contribution in [2.24, 2.45) is 0 Å². The van der Waals surface area contributed by atoms with Gasteiger partial charge in [0.05, 0.1) is 17.7 Å². The number of ether oxygens (including phenoxy) is 2. The van der Waals surface area contributed by atoms with Crippen LogP contribution in [0.3, 0.4) is 0 Å². The van der Waals surface area contributed by atoms with E-state index in [1.165, 1.54) is 17.2 Å². The maximum Gasteiger partial charge on any atom is 0.451 e. The van der Waals surface area contributed by atoms with Gasteiger partial charge in [-0.25, -0.2) is 4.39 Å². The first-order chi connectivity index (χ1) is 21.8. The molecule has 4 heterocycles. The van der Waals surface area contributed by atoms with Gasteiger partial charge in [-0.2, -0.15) is 13.2 Å². The molecule has 0 spiro atoms. The van der Waals surface area contributed by atoms with Crippen molar-refractivity contribution in [3.05, 3.63) is 87.7 Å². The highest BCUT2D eigenvalue weighted by molar-refractivity contribution is 6.30. The number of piperidine rings is 1. The summed E-state index contributed by atoms with van der Waals surface area (Å²) in [5.74, 6) is -2.01. The summed E-state index contributed by atoms with van der Waals surface area (Å²) in [5.41, 5.74) is 2.80. The Morgan fingerprint density at radius 1 is 1.13 bits per heavy atom. The average molecular weight is 659 g/mol. The van der Waals surface area contributed by atoms with Gasteiger partial charge in [0.25, 0.3) is 5.79 Å². The van der Waals surface area contributed by atoms with Crippen LogP contribution in [0.4, 0.5) is 17.6 Å². The predicted octanol–water partition coefficient (Wildman–Crippen LogP) is 6.33. The monoisotopic (exact) mass is 658 g/mol. The van der Waals surface area contributed by atoms with Gasteiger partial charge in [0.2, 0.25) is 11.7 Å². The van der Waals surface area contributed by atoms with Crippen molar-refractivity contribution in [2.45, 2.75) is 50.6 Å². The molecular formula is C32H31ClF4N6O3. The van der Waals surface area contributed by atoms with E-state index in [2.05, 4.69) is 25.1 Å². The highest BCUT2D eigenvalue weighted by Gasteiger charge is 2.43. The van der Waals surface area contributed by atoms with E-state index in [-0.39, 0.29) is 34.7 Å². The minimum Gasteiger partial charge on any atom is -0.444 e. The number of nitrogens with zero attached hydrogens (tertiary/aromatic N) is 5. The van der Waals surface area contributed by atoms with Crippen LogP contribution in [0.2, 0.25) is 5.02 Å². The van der Waals surface area contributed by atoms with Gasteiger partial charge < -0.3 is 19.4 Å². The van der Waals surface area contributed by atoms with Crippen LogP contribution >= 0.6 is 11.6 Å². The van der Waals surface area contributed by atoms with Gasteiger partial charge in [-0.15, -0.1) is 10.2 Å². The van der Waals surface area contributed by atoms with E-state index in [0.717, 1.165) is 31.5 Å². The van der Waals surface area contributed by atoms with Crippen molar-refractivity contribution in [1.82, 2.24) is 30.0 Å². The first-order valence-corrected chi connectivity index (χ1v) is 15.1. The number of benzene rings is 2. The van der Waals surface area contributed by atoms with Gasteiger partial charge in [0.15, 0.2) is 17.3 Å². The lowest BCUT2D eigenvalue weighted by Crippen LogP contribution is -2.34. The molecule has 46 heavy (non-hydrogen) atoms. The molecule has 1 atom stereocenters. The van der Waals surface area contributed by atoms with Crippen molar-refractivity contribution < 1.29 is 31.8 Å². The molecule has 242 valence electrons. The molecule has 0 aliphatic carbocycles. The van der Waals surface area contributed by atoms with Gasteiger partial charge in [-0.05, 0) is 67.7 Å². The third kappa shape index (κ3) is 6.38. The Labute approximate surface area is 267 Å². The number of H-pyrrole nitrogens is 1. The molecule has 4 aromatic rings. The Morgan fingerprint density at radius 3 is 2.57 bits per heavy atom. The first kappa shape index (κ1) is 31.7. The number of hydrogen-bond acceptors (Lipinski definition) is 7. The fourth-order valence-electron chi connectivity index (χ4n) is 5.86. The number of likely N-dealkylation sites (tertiary alicyclic amines) is 1. The molecule has 0 radical (unpaired) electrons. The second kappa shape index (κ2) is 12.2. The minimum absolute atomic E-state index is 0.0282. The number of alkyl halides is 3. The van der Waals surface area contributed by atoms with Gasteiger partial charge in [0.1, 0.15) is 5.82 Å². The van der Waals surface area contributed by atoms with Crippen LogP contribution in [0.5, 0.6) is 11.5 Å². The van der Waals surface area contributed by atoms with Crippen molar-refractivity contribution in [1.29, 1.82) is 0 Å². The number of para-hydroxylation sites is 1. The van der Waals surface area contributed by atoms with Crippen LogP contribution in [-0.4, -0.2) is 63.1 Å². The standard InChI is InChI=1S/C32H31ClF4N6O3/c1-31(23-8-7-21(33)15-24(23)34)45-26-6-4-5-22(28(26)46-31)18-9-11-43(12-10-18)17-25-19(14-27(44)42(2)3)13-20(16-38-25)29-39-30(41-40-29)32(35,36)37/h4-8,13,15-16,18H,9-12,14,17H2,1-3H3,(H,39,40,41)/t31-/m0/s1. The Balaban J connectivity index is 1.17. The molecule has 14 heteroatoms. The first-order valence-electron chi connectivity index (χ1n) is 14.7.